The summed E-state index contributed by atoms with van der Waals surface area (Å²) < 4.78 is 12.8. The Balaban J connectivity index is 3.09. The molecule has 0 unspecified atom stereocenters. The summed E-state index contributed by atoms with van der Waals surface area (Å²) in [6, 6.07) is 10.3. The summed E-state index contributed by atoms with van der Waals surface area (Å²) in [5, 5.41) is 1.16. The van der Waals surface area contributed by atoms with Crippen LogP contribution in [0.3, 0.4) is 0 Å². The normalized spacial score (nSPS) is 13.7. The van der Waals surface area contributed by atoms with Gasteiger partial charge in [-0.1, -0.05) is 45.6 Å². The second kappa shape index (κ2) is 5.72. The number of halogens is 1. The van der Waals surface area contributed by atoms with Crippen molar-refractivity contribution in [1.29, 1.82) is 0 Å². The van der Waals surface area contributed by atoms with Gasteiger partial charge in [-0.3, -0.25) is 0 Å². The zero-order valence-corrected chi connectivity index (χ0v) is 16.7. The van der Waals surface area contributed by atoms with E-state index in [4.69, 9.17) is 8.23 Å². The summed E-state index contributed by atoms with van der Waals surface area (Å²) in [7, 11) is -5.79. The first-order valence-corrected chi connectivity index (χ1v) is 17.1. The van der Waals surface area contributed by atoms with Gasteiger partial charge in [0.1, 0.15) is 0 Å². The van der Waals surface area contributed by atoms with Gasteiger partial charge < -0.3 is 8.23 Å². The van der Waals surface area contributed by atoms with Crippen molar-refractivity contribution in [3.05, 3.63) is 30.3 Å². The van der Waals surface area contributed by atoms with E-state index in [2.05, 4.69) is 66.7 Å². The Morgan fingerprint density at radius 3 is 1.50 bits per heavy atom. The van der Waals surface area contributed by atoms with Crippen molar-refractivity contribution >= 4 is 44.3 Å². The lowest BCUT2D eigenvalue weighted by molar-refractivity contribution is 0.428. The molecule has 0 atom stereocenters. The Hall–Kier alpha value is 0.271. The zero-order valence-electron chi connectivity index (χ0n) is 12.1. The highest BCUT2D eigenvalue weighted by Gasteiger charge is 2.44. The van der Waals surface area contributed by atoms with E-state index in [1.165, 1.54) is 0 Å². The number of benzene rings is 1. The van der Waals surface area contributed by atoms with Crippen molar-refractivity contribution in [2.24, 2.45) is 0 Å². The van der Waals surface area contributed by atoms with Gasteiger partial charge in [0.05, 0.1) is 0 Å². The first-order chi connectivity index (χ1) is 8.02. The molecule has 18 heavy (non-hydrogen) atoms. The molecule has 0 aliphatic rings. The monoisotopic (exact) mass is 362 g/mol. The highest BCUT2D eigenvalue weighted by Crippen LogP contribution is 2.25. The minimum absolute atomic E-state index is 1.16. The van der Waals surface area contributed by atoms with Crippen LogP contribution in [0.2, 0.25) is 39.3 Å². The molecule has 0 aromatic heterocycles. The number of hydrogen-bond donors (Lipinski definition) is 0. The highest BCUT2D eigenvalue weighted by molar-refractivity contribution is 9.26. The Morgan fingerprint density at radius 1 is 0.778 bits per heavy atom. The van der Waals surface area contributed by atoms with Crippen LogP contribution < -0.4 is 5.19 Å². The maximum atomic E-state index is 6.39. The van der Waals surface area contributed by atoms with Crippen LogP contribution in [-0.2, 0) is 8.23 Å². The summed E-state index contributed by atoms with van der Waals surface area (Å²) in [5.74, 6) is 0. The van der Waals surface area contributed by atoms with Gasteiger partial charge in [0.25, 0.3) is 0 Å². The predicted molar refractivity (Wildman–Crippen MR) is 89.6 cm³/mol. The molecule has 0 spiro atoms. The smallest absolute Gasteiger partial charge is 0.426 e. The van der Waals surface area contributed by atoms with E-state index in [1.54, 1.807) is 0 Å². The lowest BCUT2D eigenvalue weighted by atomic mass is 10.4. The molecule has 0 radical (unpaired) electrons. The quantitative estimate of drug-likeness (QED) is 0.583. The average molecular weight is 363 g/mol. The molecule has 0 aliphatic heterocycles. The standard InChI is InChI=1S/C12H23BrO2Si3/c1-16(2,3)14-18(13,15-17(4,5)6)12-10-8-7-9-11-12/h7-11H,1-6H3. The van der Waals surface area contributed by atoms with Gasteiger partial charge in [0.15, 0.2) is 16.6 Å². The van der Waals surface area contributed by atoms with E-state index in [0.717, 1.165) is 5.19 Å². The van der Waals surface area contributed by atoms with Crippen molar-refractivity contribution < 1.29 is 8.23 Å². The maximum absolute atomic E-state index is 6.39. The van der Waals surface area contributed by atoms with E-state index in [0.29, 0.717) is 0 Å². The Kier molecular flexibility index (Phi) is 5.19. The third-order valence-electron chi connectivity index (χ3n) is 1.99. The molecule has 1 aromatic carbocycles. The average Bonchev–Trinajstić information content (AvgIpc) is 2.13. The molecule has 0 saturated heterocycles. The molecule has 0 fully saturated rings. The van der Waals surface area contributed by atoms with Crippen molar-refractivity contribution in [1.82, 2.24) is 0 Å². The van der Waals surface area contributed by atoms with Crippen molar-refractivity contribution in [2.45, 2.75) is 39.3 Å². The summed E-state index contributed by atoms with van der Waals surface area (Å²) in [6.45, 7) is 13.2. The molecule has 0 bridgehead atoms. The van der Waals surface area contributed by atoms with Gasteiger partial charge in [-0.05, 0) is 39.3 Å². The van der Waals surface area contributed by atoms with Crippen LogP contribution in [-0.4, -0.2) is 23.8 Å². The zero-order chi connectivity index (χ0) is 14.0. The topological polar surface area (TPSA) is 18.5 Å². The lowest BCUT2D eigenvalue weighted by Crippen LogP contribution is -2.58. The first-order valence-electron chi connectivity index (χ1n) is 6.17. The maximum Gasteiger partial charge on any atom is 0.428 e. The first kappa shape index (κ1) is 16.3. The van der Waals surface area contributed by atoms with Gasteiger partial charge in [0.2, 0.25) is 0 Å². The van der Waals surface area contributed by atoms with Crippen LogP contribution in [0.4, 0.5) is 0 Å². The third-order valence-corrected chi connectivity index (χ3v) is 14.3. The Morgan fingerprint density at radius 2 is 1.17 bits per heavy atom. The molecule has 1 aromatic rings. The van der Waals surface area contributed by atoms with Crippen LogP contribution in [0.1, 0.15) is 0 Å². The third kappa shape index (κ3) is 5.50. The molecule has 6 heteroatoms. The summed E-state index contributed by atoms with van der Waals surface area (Å²) >= 11 is 3.83. The summed E-state index contributed by atoms with van der Waals surface area (Å²) in [6.07, 6.45) is 0. The van der Waals surface area contributed by atoms with Crippen LogP contribution in [0, 0.1) is 0 Å². The second-order valence-corrected chi connectivity index (χ2v) is 21.2. The molecule has 0 aliphatic carbocycles. The number of rotatable bonds is 5. The minimum Gasteiger partial charge on any atom is -0.426 e. The van der Waals surface area contributed by atoms with Crippen LogP contribution in [0.25, 0.3) is 0 Å². The second-order valence-electron chi connectivity index (χ2n) is 6.33. The SMILES string of the molecule is C[Si](C)(C)O[Si](Br)(O[Si](C)(C)C)c1ccccc1. The highest BCUT2D eigenvalue weighted by atomic mass is 79.9. The molecule has 2 nitrogen and oxygen atoms in total. The lowest BCUT2D eigenvalue weighted by Gasteiger charge is -2.36. The van der Waals surface area contributed by atoms with E-state index < -0.39 is 23.8 Å². The molecule has 0 heterocycles. The minimum atomic E-state index is -2.46. The fourth-order valence-electron chi connectivity index (χ4n) is 1.56. The van der Waals surface area contributed by atoms with Gasteiger partial charge in [-0.25, -0.2) is 0 Å². The predicted octanol–water partition coefficient (Wildman–Crippen LogP) is 3.93. The van der Waals surface area contributed by atoms with Crippen LogP contribution in [0.15, 0.2) is 30.3 Å². The van der Waals surface area contributed by atoms with E-state index in [1.807, 2.05) is 18.2 Å². The fraction of sp³-hybridized carbons (Fsp3) is 0.500. The van der Waals surface area contributed by atoms with Crippen LogP contribution >= 0.6 is 15.3 Å². The fourth-order valence-corrected chi connectivity index (χ4v) is 19.5. The van der Waals surface area contributed by atoms with Crippen LogP contribution in [0.5, 0.6) is 0 Å². The molecule has 102 valence electrons. The van der Waals surface area contributed by atoms with Crippen molar-refractivity contribution in [3.63, 3.8) is 0 Å². The van der Waals surface area contributed by atoms with E-state index in [-0.39, 0.29) is 0 Å². The molecular weight excluding hydrogens is 340 g/mol. The van der Waals surface area contributed by atoms with E-state index in [9.17, 15) is 0 Å². The molecular formula is C12H23BrO2Si3. The molecule has 1 rings (SSSR count). The van der Waals surface area contributed by atoms with Gasteiger partial charge in [0, 0.05) is 5.19 Å². The van der Waals surface area contributed by atoms with Crippen molar-refractivity contribution in [3.8, 4) is 0 Å². The Bertz CT molecular complexity index is 369. The molecule has 0 saturated carbocycles. The largest absolute Gasteiger partial charge is 0.428 e. The van der Waals surface area contributed by atoms with Gasteiger partial charge in [-0.2, -0.15) is 0 Å². The van der Waals surface area contributed by atoms with Gasteiger partial charge in [-0.15, -0.1) is 0 Å². The molecule has 0 N–H and O–H groups in total. The number of hydrogen-bond acceptors (Lipinski definition) is 2. The van der Waals surface area contributed by atoms with E-state index >= 15 is 0 Å². The van der Waals surface area contributed by atoms with Gasteiger partial charge >= 0.3 is 7.18 Å². The summed E-state index contributed by atoms with van der Waals surface area (Å²) in [4.78, 5) is 0. The summed E-state index contributed by atoms with van der Waals surface area (Å²) in [5.41, 5.74) is 0. The van der Waals surface area contributed by atoms with Crippen molar-refractivity contribution in [2.75, 3.05) is 0 Å². The Labute approximate surface area is 122 Å². The molecule has 0 amide bonds.